The van der Waals surface area contributed by atoms with E-state index in [2.05, 4.69) is 38.7 Å². The number of nitriles is 1. The maximum absolute atomic E-state index is 8.23. The summed E-state index contributed by atoms with van der Waals surface area (Å²) >= 11 is 0. The molecule has 0 aliphatic heterocycles. The predicted octanol–water partition coefficient (Wildman–Crippen LogP) is 2.73. The number of hydrogen-bond donors (Lipinski definition) is 0. The van der Waals surface area contributed by atoms with Gasteiger partial charge in [-0.15, -0.1) is 5.92 Å². The summed E-state index contributed by atoms with van der Waals surface area (Å²) in [6.07, 6.45) is 2.38. The quantitative estimate of drug-likeness (QED) is 0.437. The van der Waals surface area contributed by atoms with Crippen molar-refractivity contribution in [2.75, 3.05) is 0 Å². The minimum atomic E-state index is 0.104. The fourth-order valence-electron chi connectivity index (χ4n) is 0.583. The lowest BCUT2D eigenvalue weighted by atomic mass is 9.98. The Kier molecular flexibility index (Phi) is 4.39. The summed E-state index contributed by atoms with van der Waals surface area (Å²) in [5.41, 5.74) is 0.104. The molecule has 0 fully saturated rings. The first-order valence-corrected chi connectivity index (χ1v) is 3.93. The predicted molar refractivity (Wildman–Crippen MR) is 46.7 cm³/mol. The zero-order chi connectivity index (χ0) is 8.74. The molecule has 1 nitrogen and oxygen atoms in total. The molecule has 0 atom stereocenters. The second-order valence-corrected chi connectivity index (χ2v) is 3.56. The van der Waals surface area contributed by atoms with Gasteiger partial charge in [0.25, 0.3) is 0 Å². The van der Waals surface area contributed by atoms with Gasteiger partial charge in [-0.3, -0.25) is 0 Å². The molecular formula is C10H15N. The lowest BCUT2D eigenvalue weighted by molar-refractivity contribution is 0.570. The lowest BCUT2D eigenvalue weighted by Crippen LogP contribution is -1.98. The molecule has 0 N–H and O–H groups in total. The zero-order valence-corrected chi connectivity index (χ0v) is 7.57. The molecule has 0 aliphatic carbocycles. The van der Waals surface area contributed by atoms with Crippen molar-refractivity contribution in [3.05, 3.63) is 0 Å². The van der Waals surface area contributed by atoms with Gasteiger partial charge >= 0.3 is 0 Å². The monoisotopic (exact) mass is 149 g/mol. The van der Waals surface area contributed by atoms with Crippen molar-refractivity contribution in [2.24, 2.45) is 5.41 Å². The zero-order valence-electron chi connectivity index (χ0n) is 7.57. The lowest BCUT2D eigenvalue weighted by Gasteiger charge is -2.06. The summed E-state index contributed by atoms with van der Waals surface area (Å²) in [6.45, 7) is 6.26. The van der Waals surface area contributed by atoms with Gasteiger partial charge in [0.2, 0.25) is 0 Å². The molecule has 0 bridgehead atoms. The maximum Gasteiger partial charge on any atom is 0.0622 e. The second kappa shape index (κ2) is 4.80. The van der Waals surface area contributed by atoms with E-state index in [4.69, 9.17) is 5.26 Å². The van der Waals surface area contributed by atoms with Crippen molar-refractivity contribution >= 4 is 0 Å². The summed E-state index contributed by atoms with van der Waals surface area (Å²) < 4.78 is 0. The smallest absolute Gasteiger partial charge is 0.0622 e. The van der Waals surface area contributed by atoms with Gasteiger partial charge in [-0.05, 0) is 27.2 Å². The maximum atomic E-state index is 8.23. The van der Waals surface area contributed by atoms with E-state index in [0.717, 1.165) is 12.8 Å². The van der Waals surface area contributed by atoms with E-state index in [1.807, 2.05) is 0 Å². The highest BCUT2D eigenvalue weighted by molar-refractivity contribution is 5.07. The van der Waals surface area contributed by atoms with Gasteiger partial charge in [0, 0.05) is 18.3 Å². The molecule has 0 spiro atoms. The minimum Gasteiger partial charge on any atom is -0.198 e. The Hall–Kier alpha value is -0.950. The van der Waals surface area contributed by atoms with Gasteiger partial charge in [0.15, 0.2) is 0 Å². The number of rotatable bonds is 2. The first-order chi connectivity index (χ1) is 5.06. The Morgan fingerprint density at radius 2 is 1.82 bits per heavy atom. The summed E-state index contributed by atoms with van der Waals surface area (Å²) in [7, 11) is 0. The van der Waals surface area contributed by atoms with E-state index in [-0.39, 0.29) is 5.41 Å². The highest BCUT2D eigenvalue weighted by Gasteiger charge is 2.02. The third-order valence-electron chi connectivity index (χ3n) is 1.05. The van der Waals surface area contributed by atoms with Crippen LogP contribution < -0.4 is 0 Å². The summed E-state index contributed by atoms with van der Waals surface area (Å²) in [4.78, 5) is 0. The van der Waals surface area contributed by atoms with Crippen LogP contribution in [0.25, 0.3) is 0 Å². The van der Waals surface area contributed by atoms with Crippen LogP contribution in [0.3, 0.4) is 0 Å². The Morgan fingerprint density at radius 1 is 1.18 bits per heavy atom. The summed E-state index contributed by atoms with van der Waals surface area (Å²) in [5.74, 6) is 6.18. The van der Waals surface area contributed by atoms with E-state index in [0.29, 0.717) is 6.42 Å². The molecule has 0 aromatic carbocycles. The Labute approximate surface area is 69.4 Å². The van der Waals surface area contributed by atoms with Crippen LogP contribution in [0.2, 0.25) is 0 Å². The number of nitrogens with zero attached hydrogens (tertiary/aromatic N) is 1. The Morgan fingerprint density at radius 3 is 2.27 bits per heavy atom. The Bertz CT molecular complexity index is 192. The first-order valence-electron chi connectivity index (χ1n) is 3.93. The van der Waals surface area contributed by atoms with Crippen LogP contribution in [-0.2, 0) is 0 Å². The first kappa shape index (κ1) is 10.0. The van der Waals surface area contributed by atoms with Gasteiger partial charge < -0.3 is 0 Å². The molecule has 0 saturated heterocycles. The fraction of sp³-hybridized carbons (Fsp3) is 0.700. The van der Waals surface area contributed by atoms with Crippen LogP contribution in [-0.4, -0.2) is 0 Å². The molecule has 0 aromatic rings. The van der Waals surface area contributed by atoms with Gasteiger partial charge in [-0.2, -0.15) is 5.26 Å². The minimum absolute atomic E-state index is 0.104. The molecule has 0 unspecified atom stereocenters. The van der Waals surface area contributed by atoms with Crippen molar-refractivity contribution in [1.29, 1.82) is 5.26 Å². The molecule has 0 aliphatic rings. The topological polar surface area (TPSA) is 23.8 Å². The number of unbranched alkanes of at least 4 members (excludes halogenated alkanes) is 2. The van der Waals surface area contributed by atoms with E-state index in [9.17, 15) is 0 Å². The molecule has 0 amide bonds. The van der Waals surface area contributed by atoms with E-state index in [1.165, 1.54) is 0 Å². The van der Waals surface area contributed by atoms with Gasteiger partial charge in [-0.25, -0.2) is 0 Å². The molecule has 60 valence electrons. The highest BCUT2D eigenvalue weighted by atomic mass is 14.2. The average molecular weight is 149 g/mol. The van der Waals surface area contributed by atoms with Crippen molar-refractivity contribution < 1.29 is 0 Å². The molecule has 1 heteroatoms. The third-order valence-corrected chi connectivity index (χ3v) is 1.05. The molecular weight excluding hydrogens is 134 g/mol. The van der Waals surface area contributed by atoms with Crippen LogP contribution in [0.4, 0.5) is 0 Å². The third kappa shape index (κ3) is 9.05. The standard InChI is InChI=1S/C10H15N/c1-10(2,3)8-6-4-5-7-9-11/h4-5,7H2,1-3H3. The van der Waals surface area contributed by atoms with E-state index in [1.54, 1.807) is 0 Å². The Balaban J connectivity index is 3.51. The van der Waals surface area contributed by atoms with Crippen molar-refractivity contribution in [1.82, 2.24) is 0 Å². The summed E-state index contributed by atoms with van der Waals surface area (Å²) in [6, 6.07) is 2.10. The SMILES string of the molecule is CC(C)(C)C#CCCCC#N. The van der Waals surface area contributed by atoms with E-state index < -0.39 is 0 Å². The summed E-state index contributed by atoms with van der Waals surface area (Å²) in [5, 5.41) is 8.23. The molecule has 0 heterocycles. The van der Waals surface area contributed by atoms with Gasteiger partial charge in [0.05, 0.1) is 6.07 Å². The second-order valence-electron chi connectivity index (χ2n) is 3.56. The molecule has 0 rings (SSSR count). The van der Waals surface area contributed by atoms with Crippen molar-refractivity contribution in [2.45, 2.75) is 40.0 Å². The fourth-order valence-corrected chi connectivity index (χ4v) is 0.583. The van der Waals surface area contributed by atoms with Gasteiger partial charge in [-0.1, -0.05) is 5.92 Å². The molecule has 11 heavy (non-hydrogen) atoms. The van der Waals surface area contributed by atoms with Crippen LogP contribution >= 0.6 is 0 Å². The van der Waals surface area contributed by atoms with Crippen LogP contribution in [0.5, 0.6) is 0 Å². The molecule has 0 radical (unpaired) electrons. The highest BCUT2D eigenvalue weighted by Crippen LogP contribution is 2.10. The van der Waals surface area contributed by atoms with Crippen molar-refractivity contribution in [3.63, 3.8) is 0 Å². The van der Waals surface area contributed by atoms with Crippen LogP contribution in [0.15, 0.2) is 0 Å². The van der Waals surface area contributed by atoms with Crippen molar-refractivity contribution in [3.8, 4) is 17.9 Å². The molecule has 0 saturated carbocycles. The largest absolute Gasteiger partial charge is 0.198 e. The molecule has 0 aromatic heterocycles. The van der Waals surface area contributed by atoms with E-state index >= 15 is 0 Å². The van der Waals surface area contributed by atoms with Gasteiger partial charge in [0.1, 0.15) is 0 Å². The van der Waals surface area contributed by atoms with Crippen LogP contribution in [0.1, 0.15) is 40.0 Å². The number of hydrogen-bond acceptors (Lipinski definition) is 1. The van der Waals surface area contributed by atoms with Crippen LogP contribution in [0, 0.1) is 28.6 Å². The normalized spacial score (nSPS) is 9.64. The average Bonchev–Trinajstić information content (AvgIpc) is 1.85.